The molecule has 0 amide bonds. The fraction of sp³-hybridized carbons (Fsp3) is 0.500. The van der Waals surface area contributed by atoms with Crippen LogP contribution in [-0.4, -0.2) is 27.7 Å². The average Bonchev–Trinajstić information content (AvgIpc) is 2.99. The number of carboxylic acids is 2. The molecule has 2 atom stereocenters. The number of carboxylic acid groups (broad SMARTS) is 2. The normalized spacial score (nSPS) is 13.1. The van der Waals surface area contributed by atoms with E-state index in [1.807, 2.05) is 24.3 Å². The molecule has 0 aliphatic carbocycles. The number of hydrogen-bond acceptors (Lipinski definition) is 6. The van der Waals surface area contributed by atoms with Gasteiger partial charge < -0.3 is 24.8 Å². The Morgan fingerprint density at radius 3 is 2.42 bits per heavy atom. The zero-order chi connectivity index (χ0) is 18.2. The number of nitrogens with zero attached hydrogens (tertiary/aromatic N) is 1. The van der Waals surface area contributed by atoms with Gasteiger partial charge in [0.05, 0.1) is 11.0 Å². The standard InChI is InChI=1S/C18H24N2O4S.Zn/c1-2-3-4-5-8-12(16(21)22)13(17(23)24)11-25-18-19-14-9-6-7-10-15(14)20-18;/h6-7,9-10,12-13H,2-5,8,11H2,1H3,(H,19,20)(H,21,22)(H,23,24);/q;+2/p-2. The van der Waals surface area contributed by atoms with Crippen molar-refractivity contribution in [3.63, 3.8) is 0 Å². The summed E-state index contributed by atoms with van der Waals surface area (Å²) < 4.78 is 0. The average molecular weight is 428 g/mol. The summed E-state index contributed by atoms with van der Waals surface area (Å²) in [5.74, 6) is -4.75. The van der Waals surface area contributed by atoms with Gasteiger partial charge >= 0.3 is 19.5 Å². The van der Waals surface area contributed by atoms with Gasteiger partial charge in [-0.1, -0.05) is 56.5 Å². The van der Waals surface area contributed by atoms with E-state index < -0.39 is 23.8 Å². The Hall–Kier alpha value is -1.40. The van der Waals surface area contributed by atoms with Crippen LogP contribution in [0, 0.1) is 11.8 Å². The largest absolute Gasteiger partial charge is 2.00 e. The first-order valence-electron chi connectivity index (χ1n) is 8.52. The number of aliphatic carboxylic acids is 2. The van der Waals surface area contributed by atoms with Gasteiger partial charge in [-0.15, -0.1) is 0 Å². The van der Waals surface area contributed by atoms with Crippen LogP contribution in [0.5, 0.6) is 0 Å². The number of carbonyl (C=O) groups is 2. The van der Waals surface area contributed by atoms with E-state index in [9.17, 15) is 19.8 Å². The predicted molar refractivity (Wildman–Crippen MR) is 92.6 cm³/mol. The molecule has 1 aromatic heterocycles. The first-order valence-corrected chi connectivity index (χ1v) is 9.50. The van der Waals surface area contributed by atoms with E-state index in [-0.39, 0.29) is 25.2 Å². The van der Waals surface area contributed by atoms with Crippen molar-refractivity contribution in [2.75, 3.05) is 5.75 Å². The van der Waals surface area contributed by atoms with E-state index in [4.69, 9.17) is 0 Å². The smallest absolute Gasteiger partial charge is 0.550 e. The summed E-state index contributed by atoms with van der Waals surface area (Å²) in [6.07, 6.45) is 3.88. The molecule has 0 fully saturated rings. The first-order chi connectivity index (χ1) is 12.0. The van der Waals surface area contributed by atoms with Gasteiger partial charge in [-0.25, -0.2) is 4.98 Å². The predicted octanol–water partition coefficient (Wildman–Crippen LogP) is 1.36. The molecule has 2 rings (SSSR count). The minimum atomic E-state index is -1.35. The maximum atomic E-state index is 11.5. The van der Waals surface area contributed by atoms with Crippen molar-refractivity contribution in [2.45, 2.75) is 44.2 Å². The molecule has 26 heavy (non-hydrogen) atoms. The Labute approximate surface area is 169 Å². The van der Waals surface area contributed by atoms with Crippen LogP contribution in [-0.2, 0) is 29.1 Å². The number of thioether (sulfide) groups is 1. The number of aromatic nitrogens is 2. The molecule has 0 saturated heterocycles. The quantitative estimate of drug-likeness (QED) is 0.329. The molecule has 0 aliphatic rings. The third kappa shape index (κ3) is 6.40. The summed E-state index contributed by atoms with van der Waals surface area (Å²) in [5, 5.41) is 23.5. The van der Waals surface area contributed by atoms with Crippen LogP contribution in [0.4, 0.5) is 0 Å². The number of fused-ring (bicyclic) bond motifs is 1. The van der Waals surface area contributed by atoms with Gasteiger partial charge in [0, 0.05) is 29.5 Å². The van der Waals surface area contributed by atoms with Crippen molar-refractivity contribution in [2.24, 2.45) is 11.8 Å². The van der Waals surface area contributed by atoms with Gasteiger partial charge in [0.15, 0.2) is 5.16 Å². The first kappa shape index (κ1) is 22.6. The molecule has 1 N–H and O–H groups in total. The Kier molecular flexibility index (Phi) is 9.88. The van der Waals surface area contributed by atoms with Crippen molar-refractivity contribution in [3.05, 3.63) is 24.3 Å². The Morgan fingerprint density at radius 1 is 1.12 bits per heavy atom. The summed E-state index contributed by atoms with van der Waals surface area (Å²) in [7, 11) is 0. The molecular formula is C18H22N2O4SZn. The Morgan fingerprint density at radius 2 is 1.81 bits per heavy atom. The van der Waals surface area contributed by atoms with Crippen LogP contribution < -0.4 is 10.2 Å². The van der Waals surface area contributed by atoms with Gasteiger partial charge in [-0.3, -0.25) is 0 Å². The summed E-state index contributed by atoms with van der Waals surface area (Å²) in [6, 6.07) is 7.47. The Bertz CT molecular complexity index is 689. The molecule has 8 heteroatoms. The molecule has 1 aromatic carbocycles. The fourth-order valence-electron chi connectivity index (χ4n) is 2.79. The van der Waals surface area contributed by atoms with Crippen molar-refractivity contribution in [1.82, 2.24) is 9.97 Å². The number of hydrogen-bond donors (Lipinski definition) is 1. The van der Waals surface area contributed by atoms with Gasteiger partial charge in [0.1, 0.15) is 0 Å². The Balaban J connectivity index is 0.00000338. The van der Waals surface area contributed by atoms with Gasteiger partial charge in [-0.2, -0.15) is 0 Å². The third-order valence-electron chi connectivity index (χ3n) is 4.23. The van der Waals surface area contributed by atoms with Crippen molar-refractivity contribution in [1.29, 1.82) is 0 Å². The van der Waals surface area contributed by atoms with Crippen LogP contribution in [0.3, 0.4) is 0 Å². The third-order valence-corrected chi connectivity index (χ3v) is 5.22. The second kappa shape index (κ2) is 11.3. The molecule has 0 spiro atoms. The van der Waals surface area contributed by atoms with Gasteiger partial charge in [-0.05, 0) is 18.6 Å². The van der Waals surface area contributed by atoms with Crippen LogP contribution in [0.1, 0.15) is 39.0 Å². The van der Waals surface area contributed by atoms with Crippen LogP contribution in [0.25, 0.3) is 11.0 Å². The van der Waals surface area contributed by atoms with E-state index in [2.05, 4.69) is 16.9 Å². The molecule has 0 aliphatic heterocycles. The monoisotopic (exact) mass is 426 g/mol. The van der Waals surface area contributed by atoms with E-state index in [0.29, 0.717) is 18.0 Å². The van der Waals surface area contributed by atoms with Crippen LogP contribution in [0.2, 0.25) is 0 Å². The number of imidazole rings is 1. The van der Waals surface area contributed by atoms with Crippen LogP contribution in [0.15, 0.2) is 29.4 Å². The molecule has 0 bridgehead atoms. The summed E-state index contributed by atoms with van der Waals surface area (Å²) in [5.41, 5.74) is 1.64. The van der Waals surface area contributed by atoms with E-state index in [1.54, 1.807) is 0 Å². The van der Waals surface area contributed by atoms with E-state index in [0.717, 1.165) is 30.3 Å². The van der Waals surface area contributed by atoms with E-state index in [1.165, 1.54) is 11.8 Å². The number of para-hydroxylation sites is 2. The second-order valence-corrected chi connectivity index (χ2v) is 7.08. The molecule has 0 radical (unpaired) electrons. The topological polar surface area (TPSA) is 109 Å². The summed E-state index contributed by atoms with van der Waals surface area (Å²) in [6.45, 7) is 2.06. The van der Waals surface area contributed by atoms with Crippen molar-refractivity contribution >= 4 is 34.7 Å². The number of rotatable bonds is 11. The molecule has 6 nitrogen and oxygen atoms in total. The number of benzene rings is 1. The SMILES string of the molecule is CCCCCCC(C(=O)[O-])C(CSc1nc2ccccc2[nH]1)C(=O)[O-].[Zn+2]. The summed E-state index contributed by atoms with van der Waals surface area (Å²) >= 11 is 1.19. The molecule has 1 heterocycles. The van der Waals surface area contributed by atoms with Crippen LogP contribution >= 0.6 is 11.8 Å². The van der Waals surface area contributed by atoms with Gasteiger partial charge in [0.2, 0.25) is 0 Å². The maximum absolute atomic E-state index is 11.5. The second-order valence-electron chi connectivity index (χ2n) is 6.07. The number of H-pyrrole nitrogens is 1. The maximum Gasteiger partial charge on any atom is 2.00 e. The van der Waals surface area contributed by atoms with E-state index >= 15 is 0 Å². The summed E-state index contributed by atoms with van der Waals surface area (Å²) in [4.78, 5) is 30.4. The fourth-order valence-corrected chi connectivity index (χ4v) is 3.84. The molecule has 2 aromatic rings. The minimum Gasteiger partial charge on any atom is -0.550 e. The molecule has 0 saturated carbocycles. The molecule has 136 valence electrons. The molecular weight excluding hydrogens is 406 g/mol. The number of nitrogens with one attached hydrogen (secondary N) is 1. The van der Waals surface area contributed by atoms with Gasteiger partial charge in [0.25, 0.3) is 0 Å². The zero-order valence-corrected chi connectivity index (χ0v) is 18.7. The number of carbonyl (C=O) groups excluding carboxylic acids is 2. The molecule has 2 unspecified atom stereocenters. The minimum absolute atomic E-state index is 0. The zero-order valence-electron chi connectivity index (χ0n) is 14.9. The number of aromatic amines is 1. The number of unbranched alkanes of at least 4 members (excludes halogenated alkanes) is 3. The van der Waals surface area contributed by atoms with Crippen molar-refractivity contribution in [3.8, 4) is 0 Å². The van der Waals surface area contributed by atoms with Crippen molar-refractivity contribution < 1.29 is 39.3 Å².